The molecule has 0 saturated carbocycles. The number of carbonyl (C=O) groups is 1. The average Bonchev–Trinajstić information content (AvgIpc) is 2.64. The van der Waals surface area contributed by atoms with Gasteiger partial charge in [-0.3, -0.25) is 14.6 Å². The third-order valence-electron chi connectivity index (χ3n) is 4.77. The zero-order valence-corrected chi connectivity index (χ0v) is 15.2. The highest BCUT2D eigenvalue weighted by molar-refractivity contribution is 6.04. The van der Waals surface area contributed by atoms with E-state index in [0.717, 1.165) is 6.20 Å². The molecule has 0 amide bonds. The van der Waals surface area contributed by atoms with Crippen LogP contribution in [0.5, 0.6) is 0 Å². The minimum absolute atomic E-state index is 0.0314. The van der Waals surface area contributed by atoms with E-state index in [2.05, 4.69) is 9.97 Å². The van der Waals surface area contributed by atoms with Crippen molar-refractivity contribution >= 4 is 5.78 Å². The smallest absolute Gasteiger partial charge is 0.248 e. The number of nitrogens with zero attached hydrogens (tertiary/aromatic N) is 2. The first-order chi connectivity index (χ1) is 12.7. The van der Waals surface area contributed by atoms with Crippen LogP contribution < -0.4 is 5.56 Å². The number of ketones is 1. The van der Waals surface area contributed by atoms with Crippen LogP contribution >= 0.6 is 0 Å². The molecule has 1 aliphatic carbocycles. The summed E-state index contributed by atoms with van der Waals surface area (Å²) in [6, 6.07) is 6.14. The largest absolute Gasteiger partial charge is 0.368 e. The number of hydrogen-bond acceptors (Lipinski definition) is 5. The first-order valence-electron chi connectivity index (χ1n) is 8.30. The number of halogens is 1. The molecule has 0 spiro atoms. The lowest BCUT2D eigenvalue weighted by Gasteiger charge is -2.40. The van der Waals surface area contributed by atoms with Crippen molar-refractivity contribution < 1.29 is 13.9 Å². The van der Waals surface area contributed by atoms with Crippen molar-refractivity contribution in [2.75, 3.05) is 7.11 Å². The quantitative estimate of drug-likeness (QED) is 0.900. The van der Waals surface area contributed by atoms with E-state index in [4.69, 9.17) is 4.74 Å². The molecule has 2 aromatic rings. The second-order valence-electron chi connectivity index (χ2n) is 7.14. The van der Waals surface area contributed by atoms with E-state index >= 15 is 0 Å². The van der Waals surface area contributed by atoms with E-state index < -0.39 is 16.8 Å². The van der Waals surface area contributed by atoms with Crippen LogP contribution in [0.4, 0.5) is 4.39 Å². The van der Waals surface area contributed by atoms with Gasteiger partial charge in [-0.05, 0) is 30.2 Å². The molecular weight excluding hydrogens is 349 g/mol. The molecule has 0 aliphatic heterocycles. The number of allylic oxidation sites excluding steroid dienone is 1. The standard InChI is InChI=1S/C20H18FN3O3/c1-19(2)11-20(27-3,8-13(9-22)18(19)26)17-15(7-14(21)10-24-17)12-4-5-23-16(25)6-12/h4-8,10H,11H2,1-3H3,(H,23,25). The number of hydrogen-bond donors (Lipinski definition) is 1. The van der Waals surface area contributed by atoms with Crippen molar-refractivity contribution in [3.8, 4) is 17.2 Å². The first-order valence-corrected chi connectivity index (χ1v) is 8.30. The number of carbonyl (C=O) groups excluding carboxylic acids is 1. The molecule has 1 aliphatic rings. The minimum atomic E-state index is -1.21. The monoisotopic (exact) mass is 367 g/mol. The number of nitrogens with one attached hydrogen (secondary N) is 1. The highest BCUT2D eigenvalue weighted by Gasteiger charge is 2.48. The molecule has 1 N–H and O–H groups in total. The summed E-state index contributed by atoms with van der Waals surface area (Å²) < 4.78 is 19.7. The van der Waals surface area contributed by atoms with Crippen molar-refractivity contribution in [2.24, 2.45) is 5.41 Å². The second kappa shape index (κ2) is 6.56. The lowest BCUT2D eigenvalue weighted by Crippen LogP contribution is -2.43. The topological polar surface area (TPSA) is 95.8 Å². The number of H-pyrrole nitrogens is 1. The number of nitriles is 1. The Morgan fingerprint density at radius 3 is 2.70 bits per heavy atom. The van der Waals surface area contributed by atoms with Crippen molar-refractivity contribution in [3.63, 3.8) is 0 Å². The van der Waals surface area contributed by atoms with E-state index in [-0.39, 0.29) is 23.3 Å². The molecule has 0 radical (unpaired) electrons. The van der Waals surface area contributed by atoms with Gasteiger partial charge in [-0.15, -0.1) is 0 Å². The molecule has 0 fully saturated rings. The van der Waals surface area contributed by atoms with Crippen LogP contribution in [0.1, 0.15) is 26.0 Å². The maximum absolute atomic E-state index is 14.0. The zero-order valence-electron chi connectivity index (χ0n) is 15.2. The Labute approximate surface area is 155 Å². The Kier molecular flexibility index (Phi) is 4.54. The SMILES string of the molecule is COC1(c2ncc(F)cc2-c2cc[nH]c(=O)c2)C=C(C#N)C(=O)C(C)(C)C1. The number of rotatable bonds is 3. The number of pyridine rings is 2. The van der Waals surface area contributed by atoms with Crippen molar-refractivity contribution in [3.05, 3.63) is 64.1 Å². The maximum Gasteiger partial charge on any atom is 0.248 e. The molecular formula is C20H18FN3O3. The molecule has 2 aromatic heterocycles. The zero-order chi connectivity index (χ0) is 19.8. The summed E-state index contributed by atoms with van der Waals surface area (Å²) in [4.78, 5) is 31.0. The molecule has 0 aromatic carbocycles. The molecule has 2 heterocycles. The van der Waals surface area contributed by atoms with Gasteiger partial charge in [0.2, 0.25) is 5.56 Å². The van der Waals surface area contributed by atoms with Gasteiger partial charge in [0.15, 0.2) is 5.78 Å². The summed E-state index contributed by atoms with van der Waals surface area (Å²) in [6.45, 7) is 3.45. The molecule has 6 nitrogen and oxygen atoms in total. The van der Waals surface area contributed by atoms with E-state index in [1.54, 1.807) is 19.9 Å². The Hall–Kier alpha value is -3.11. The number of ether oxygens (including phenoxy) is 1. The molecule has 27 heavy (non-hydrogen) atoms. The van der Waals surface area contributed by atoms with Gasteiger partial charge in [0.1, 0.15) is 17.5 Å². The highest BCUT2D eigenvalue weighted by atomic mass is 19.1. The fourth-order valence-electron chi connectivity index (χ4n) is 3.52. The van der Waals surface area contributed by atoms with Gasteiger partial charge in [-0.2, -0.15) is 5.26 Å². The predicted octanol–water partition coefficient (Wildman–Crippen LogP) is 2.87. The van der Waals surface area contributed by atoms with E-state index in [1.807, 2.05) is 6.07 Å². The second-order valence-corrected chi connectivity index (χ2v) is 7.14. The van der Waals surface area contributed by atoms with Crippen LogP contribution in [0, 0.1) is 22.6 Å². The molecule has 3 rings (SSSR count). The molecule has 1 atom stereocenters. The Morgan fingerprint density at radius 1 is 1.33 bits per heavy atom. The number of aromatic amines is 1. The van der Waals surface area contributed by atoms with Gasteiger partial charge in [0.25, 0.3) is 0 Å². The minimum Gasteiger partial charge on any atom is -0.368 e. The van der Waals surface area contributed by atoms with Crippen LogP contribution in [0.15, 0.2) is 47.0 Å². The molecule has 0 bridgehead atoms. The summed E-state index contributed by atoms with van der Waals surface area (Å²) in [5, 5.41) is 9.41. The van der Waals surface area contributed by atoms with E-state index in [1.165, 1.54) is 31.5 Å². The fraction of sp³-hybridized carbons (Fsp3) is 0.300. The van der Waals surface area contributed by atoms with E-state index in [9.17, 15) is 19.2 Å². The lowest BCUT2D eigenvalue weighted by atomic mass is 9.68. The Morgan fingerprint density at radius 2 is 2.07 bits per heavy atom. The molecule has 1 unspecified atom stereocenters. The van der Waals surface area contributed by atoms with Crippen LogP contribution in [0.25, 0.3) is 11.1 Å². The van der Waals surface area contributed by atoms with Crippen LogP contribution in [-0.4, -0.2) is 22.9 Å². The third kappa shape index (κ3) is 3.20. The summed E-state index contributed by atoms with van der Waals surface area (Å²) in [7, 11) is 1.45. The van der Waals surface area contributed by atoms with Crippen molar-refractivity contribution in [1.29, 1.82) is 5.26 Å². The molecule has 7 heteroatoms. The van der Waals surface area contributed by atoms with Crippen molar-refractivity contribution in [1.82, 2.24) is 9.97 Å². The summed E-state index contributed by atoms with van der Waals surface area (Å²) in [5.41, 5.74) is -1.31. The molecule has 138 valence electrons. The first kappa shape index (κ1) is 18.7. The van der Waals surface area contributed by atoms with Crippen LogP contribution in [0.2, 0.25) is 0 Å². The van der Waals surface area contributed by atoms with Crippen LogP contribution in [-0.2, 0) is 15.1 Å². The fourth-order valence-corrected chi connectivity index (χ4v) is 3.52. The Bertz CT molecular complexity index is 1050. The maximum atomic E-state index is 14.0. The summed E-state index contributed by atoms with van der Waals surface area (Å²) >= 11 is 0. The number of aromatic nitrogens is 2. The van der Waals surface area contributed by atoms with Gasteiger partial charge in [-0.25, -0.2) is 4.39 Å². The van der Waals surface area contributed by atoms with Gasteiger partial charge in [-0.1, -0.05) is 13.8 Å². The number of Topliss-reactive ketones (excluding diaryl/α,β-unsaturated/α-hetero) is 1. The average molecular weight is 367 g/mol. The van der Waals surface area contributed by atoms with Crippen LogP contribution in [0.3, 0.4) is 0 Å². The highest BCUT2D eigenvalue weighted by Crippen LogP contribution is 2.46. The van der Waals surface area contributed by atoms with Gasteiger partial charge < -0.3 is 9.72 Å². The van der Waals surface area contributed by atoms with Gasteiger partial charge in [0, 0.05) is 30.4 Å². The van der Waals surface area contributed by atoms with Gasteiger partial charge >= 0.3 is 0 Å². The third-order valence-corrected chi connectivity index (χ3v) is 4.77. The van der Waals surface area contributed by atoms with Crippen molar-refractivity contribution in [2.45, 2.75) is 25.9 Å². The predicted molar refractivity (Wildman–Crippen MR) is 96.0 cm³/mol. The summed E-state index contributed by atoms with van der Waals surface area (Å²) in [5.74, 6) is -0.853. The molecule has 0 saturated heterocycles. The normalized spacial score (nSPS) is 21.4. The number of methoxy groups -OCH3 is 1. The van der Waals surface area contributed by atoms with Gasteiger partial charge in [0.05, 0.1) is 17.5 Å². The Balaban J connectivity index is 2.32. The lowest BCUT2D eigenvalue weighted by molar-refractivity contribution is -0.128. The summed E-state index contributed by atoms with van der Waals surface area (Å²) in [6.07, 6.45) is 4.17. The van der Waals surface area contributed by atoms with E-state index in [0.29, 0.717) is 16.8 Å².